The molecule has 0 saturated carbocycles. The number of rotatable bonds is 8. The zero-order valence-corrected chi connectivity index (χ0v) is 14.9. The van der Waals surface area contributed by atoms with Crippen molar-refractivity contribution in [1.29, 1.82) is 0 Å². The Morgan fingerprint density at radius 1 is 1.04 bits per heavy atom. The number of nitrogens with zero attached hydrogens (tertiary/aromatic N) is 1. The van der Waals surface area contributed by atoms with Crippen molar-refractivity contribution in [2.45, 2.75) is 19.5 Å². The summed E-state index contributed by atoms with van der Waals surface area (Å²) >= 11 is 1.39. The maximum Gasteiger partial charge on any atom is 0.261 e. The van der Waals surface area contributed by atoms with Gasteiger partial charge in [-0.3, -0.25) is 9.59 Å². The Morgan fingerprint density at radius 3 is 2.46 bits per heavy atom. The van der Waals surface area contributed by atoms with Gasteiger partial charge in [-0.05, 0) is 36.7 Å². The van der Waals surface area contributed by atoms with Crippen molar-refractivity contribution in [2.75, 3.05) is 20.6 Å². The molecule has 0 aliphatic rings. The largest absolute Gasteiger partial charge is 0.352 e. The Morgan fingerprint density at radius 2 is 1.79 bits per heavy atom. The molecule has 5 nitrogen and oxygen atoms in total. The first kappa shape index (κ1) is 18.2. The number of carbonyl (C=O) groups is 2. The minimum absolute atomic E-state index is 0.0684. The van der Waals surface area contributed by atoms with Gasteiger partial charge >= 0.3 is 0 Å². The van der Waals surface area contributed by atoms with Crippen LogP contribution in [0.4, 0.5) is 0 Å². The molecule has 6 heteroatoms. The third-order valence-electron chi connectivity index (χ3n) is 3.46. The molecule has 0 spiro atoms. The van der Waals surface area contributed by atoms with Crippen LogP contribution in [0.15, 0.2) is 41.8 Å². The van der Waals surface area contributed by atoms with Gasteiger partial charge in [0.05, 0.1) is 4.88 Å². The van der Waals surface area contributed by atoms with Crippen molar-refractivity contribution in [1.82, 2.24) is 15.5 Å². The Balaban J connectivity index is 1.74. The van der Waals surface area contributed by atoms with E-state index < -0.39 is 0 Å². The summed E-state index contributed by atoms with van der Waals surface area (Å²) in [4.78, 5) is 26.5. The van der Waals surface area contributed by atoms with Crippen molar-refractivity contribution in [3.63, 3.8) is 0 Å². The van der Waals surface area contributed by atoms with E-state index in [9.17, 15) is 9.59 Å². The molecule has 24 heavy (non-hydrogen) atoms. The zero-order chi connectivity index (χ0) is 17.4. The van der Waals surface area contributed by atoms with Crippen LogP contribution in [0.2, 0.25) is 0 Å². The second kappa shape index (κ2) is 9.20. The molecule has 0 radical (unpaired) electrons. The minimum atomic E-state index is -0.130. The van der Waals surface area contributed by atoms with Gasteiger partial charge in [-0.2, -0.15) is 0 Å². The molecule has 2 N–H and O–H groups in total. The number of hydrogen-bond acceptors (Lipinski definition) is 4. The van der Waals surface area contributed by atoms with Crippen molar-refractivity contribution in [2.24, 2.45) is 0 Å². The van der Waals surface area contributed by atoms with E-state index in [0.717, 1.165) is 12.1 Å². The second-order valence-electron chi connectivity index (χ2n) is 5.77. The highest BCUT2D eigenvalue weighted by Gasteiger charge is 2.08. The number of nitrogens with one attached hydrogen (secondary N) is 2. The maximum atomic E-state index is 11.9. The van der Waals surface area contributed by atoms with Gasteiger partial charge in [0.1, 0.15) is 0 Å². The summed E-state index contributed by atoms with van der Waals surface area (Å²) in [5, 5.41) is 7.52. The van der Waals surface area contributed by atoms with Gasteiger partial charge in [0, 0.05) is 26.1 Å². The highest BCUT2D eigenvalue weighted by Crippen LogP contribution is 2.10. The van der Waals surface area contributed by atoms with Gasteiger partial charge in [0.2, 0.25) is 5.91 Å². The molecule has 2 aromatic rings. The highest BCUT2D eigenvalue weighted by atomic mass is 32.1. The first-order valence-corrected chi connectivity index (χ1v) is 8.74. The van der Waals surface area contributed by atoms with Crippen LogP contribution in [0, 0.1) is 0 Å². The maximum absolute atomic E-state index is 11.9. The molecule has 0 saturated heterocycles. The summed E-state index contributed by atoms with van der Waals surface area (Å²) in [5.41, 5.74) is 2.32. The van der Waals surface area contributed by atoms with Gasteiger partial charge in [-0.25, -0.2) is 0 Å². The van der Waals surface area contributed by atoms with Gasteiger partial charge in [0.15, 0.2) is 0 Å². The molecule has 0 bridgehead atoms. The van der Waals surface area contributed by atoms with E-state index in [1.165, 1.54) is 16.9 Å². The van der Waals surface area contributed by atoms with Crippen LogP contribution in [0.5, 0.6) is 0 Å². The smallest absolute Gasteiger partial charge is 0.261 e. The van der Waals surface area contributed by atoms with E-state index in [1.54, 1.807) is 6.07 Å². The lowest BCUT2D eigenvalue weighted by atomic mass is 10.1. The molecule has 1 heterocycles. The Labute approximate surface area is 146 Å². The van der Waals surface area contributed by atoms with Crippen LogP contribution in [0.1, 0.15) is 27.2 Å². The van der Waals surface area contributed by atoms with E-state index in [4.69, 9.17) is 0 Å². The fourth-order valence-corrected chi connectivity index (χ4v) is 2.93. The SMILES string of the molecule is CN(C)Cc1ccccc1CNC(=O)CCNC(=O)c1cccs1. The molecule has 2 amide bonds. The first-order chi connectivity index (χ1) is 11.6. The molecule has 0 aliphatic carbocycles. The molecule has 0 aliphatic heterocycles. The molecule has 128 valence electrons. The standard InChI is InChI=1S/C18H23N3O2S/c1-21(2)13-15-7-4-3-6-14(15)12-20-17(22)9-10-19-18(23)16-8-5-11-24-16/h3-8,11H,9-10,12-13H2,1-2H3,(H,19,23)(H,20,22). The molecular weight excluding hydrogens is 322 g/mol. The molecule has 2 rings (SSSR count). The molecule has 1 aromatic carbocycles. The predicted octanol–water partition coefficient (Wildman–Crippen LogP) is 2.25. The number of amides is 2. The monoisotopic (exact) mass is 345 g/mol. The Kier molecular flexibility index (Phi) is 6.96. The van der Waals surface area contributed by atoms with Crippen LogP contribution in [0.25, 0.3) is 0 Å². The summed E-state index contributed by atoms with van der Waals surface area (Å²) in [6.07, 6.45) is 0.271. The third kappa shape index (κ3) is 5.79. The lowest BCUT2D eigenvalue weighted by Crippen LogP contribution is -2.30. The van der Waals surface area contributed by atoms with Crippen molar-refractivity contribution in [3.05, 3.63) is 57.8 Å². The molecule has 0 atom stereocenters. The fraction of sp³-hybridized carbons (Fsp3) is 0.333. The van der Waals surface area contributed by atoms with Crippen LogP contribution >= 0.6 is 11.3 Å². The molecule has 0 fully saturated rings. The number of thiophene rings is 1. The molecule has 1 aromatic heterocycles. The highest BCUT2D eigenvalue weighted by molar-refractivity contribution is 7.12. The third-order valence-corrected chi connectivity index (χ3v) is 4.33. The minimum Gasteiger partial charge on any atom is -0.352 e. The van der Waals surface area contributed by atoms with E-state index in [2.05, 4.69) is 21.6 Å². The second-order valence-corrected chi connectivity index (χ2v) is 6.71. The lowest BCUT2D eigenvalue weighted by Gasteiger charge is -2.14. The summed E-state index contributed by atoms with van der Waals surface area (Å²) in [7, 11) is 4.04. The van der Waals surface area contributed by atoms with Crippen LogP contribution in [-0.2, 0) is 17.9 Å². The number of benzene rings is 1. The number of carbonyl (C=O) groups excluding carboxylic acids is 2. The summed E-state index contributed by atoms with van der Waals surface area (Å²) in [5.74, 6) is -0.199. The van der Waals surface area contributed by atoms with Gasteiger partial charge in [-0.15, -0.1) is 11.3 Å². The lowest BCUT2D eigenvalue weighted by molar-refractivity contribution is -0.121. The van der Waals surface area contributed by atoms with Gasteiger partial charge in [0.25, 0.3) is 5.91 Å². The molecular formula is C18H23N3O2S. The summed E-state index contributed by atoms with van der Waals surface area (Å²) in [6, 6.07) is 11.7. The van der Waals surface area contributed by atoms with Gasteiger partial charge in [-0.1, -0.05) is 30.3 Å². The van der Waals surface area contributed by atoms with Crippen molar-refractivity contribution >= 4 is 23.2 Å². The van der Waals surface area contributed by atoms with E-state index >= 15 is 0 Å². The predicted molar refractivity (Wildman–Crippen MR) is 96.9 cm³/mol. The van der Waals surface area contributed by atoms with E-state index in [1.807, 2.05) is 43.7 Å². The normalized spacial score (nSPS) is 10.6. The van der Waals surface area contributed by atoms with Crippen molar-refractivity contribution in [3.8, 4) is 0 Å². The van der Waals surface area contributed by atoms with Crippen molar-refractivity contribution < 1.29 is 9.59 Å². The van der Waals surface area contributed by atoms with Crippen LogP contribution < -0.4 is 10.6 Å². The van der Waals surface area contributed by atoms with E-state index in [-0.39, 0.29) is 18.2 Å². The zero-order valence-electron chi connectivity index (χ0n) is 14.0. The van der Waals surface area contributed by atoms with Crippen LogP contribution in [0.3, 0.4) is 0 Å². The average molecular weight is 345 g/mol. The Hall–Kier alpha value is -2.18. The average Bonchev–Trinajstić information content (AvgIpc) is 3.08. The van der Waals surface area contributed by atoms with Crippen LogP contribution in [-0.4, -0.2) is 37.4 Å². The number of hydrogen-bond donors (Lipinski definition) is 2. The molecule has 0 unspecified atom stereocenters. The Bertz CT molecular complexity index is 669. The first-order valence-electron chi connectivity index (χ1n) is 7.86. The summed E-state index contributed by atoms with van der Waals surface area (Å²) in [6.45, 7) is 1.67. The van der Waals surface area contributed by atoms with E-state index in [0.29, 0.717) is 18.0 Å². The topological polar surface area (TPSA) is 61.4 Å². The fourth-order valence-electron chi connectivity index (χ4n) is 2.29. The summed E-state index contributed by atoms with van der Waals surface area (Å²) < 4.78 is 0. The van der Waals surface area contributed by atoms with Gasteiger partial charge < -0.3 is 15.5 Å². The quantitative estimate of drug-likeness (QED) is 0.771.